The summed E-state index contributed by atoms with van der Waals surface area (Å²) in [5, 5.41) is 25.4. The Kier molecular flexibility index (Phi) is 3.28. The van der Waals surface area contributed by atoms with Crippen LogP contribution in [-0.2, 0) is 0 Å². The van der Waals surface area contributed by atoms with Crippen LogP contribution in [0.4, 0.5) is 0 Å². The van der Waals surface area contributed by atoms with E-state index in [4.69, 9.17) is 9.63 Å². The molecule has 0 bridgehead atoms. The number of aliphatic hydroxyl groups excluding tert-OH is 2. The van der Waals surface area contributed by atoms with Crippen LogP contribution in [-0.4, -0.2) is 40.0 Å². The summed E-state index contributed by atoms with van der Waals surface area (Å²) in [6.07, 6.45) is 2.72. The van der Waals surface area contributed by atoms with Crippen molar-refractivity contribution in [2.75, 3.05) is 6.61 Å². The van der Waals surface area contributed by atoms with Gasteiger partial charge in [0.1, 0.15) is 5.76 Å². The summed E-state index contributed by atoms with van der Waals surface area (Å²) in [4.78, 5) is 12.0. The van der Waals surface area contributed by atoms with Crippen LogP contribution in [0.15, 0.2) is 10.6 Å². The molecule has 1 aromatic rings. The van der Waals surface area contributed by atoms with Crippen molar-refractivity contribution in [1.29, 1.82) is 0 Å². The molecule has 2 aliphatic carbocycles. The number of rotatable bonds is 4. The molecule has 19 heavy (non-hydrogen) atoms. The molecule has 2 fully saturated rings. The van der Waals surface area contributed by atoms with Crippen molar-refractivity contribution in [3.05, 3.63) is 17.5 Å². The summed E-state index contributed by atoms with van der Waals surface area (Å²) in [6.45, 7) is -0.0523. The molecular formula is C13H18N2O4. The van der Waals surface area contributed by atoms with E-state index < -0.39 is 6.10 Å². The fourth-order valence-electron chi connectivity index (χ4n) is 2.63. The van der Waals surface area contributed by atoms with Gasteiger partial charge < -0.3 is 20.1 Å². The van der Waals surface area contributed by atoms with Gasteiger partial charge in [0.2, 0.25) is 0 Å². The number of carbonyl (C=O) groups excluding carboxylic acids is 1. The van der Waals surface area contributed by atoms with Gasteiger partial charge in [-0.25, -0.2) is 0 Å². The molecule has 3 N–H and O–H groups in total. The maximum Gasteiger partial charge on any atom is 0.273 e. The van der Waals surface area contributed by atoms with E-state index in [1.165, 1.54) is 0 Å². The van der Waals surface area contributed by atoms with Gasteiger partial charge in [0, 0.05) is 30.6 Å². The van der Waals surface area contributed by atoms with Crippen molar-refractivity contribution in [1.82, 2.24) is 10.5 Å². The Morgan fingerprint density at radius 1 is 1.47 bits per heavy atom. The molecule has 104 valence electrons. The molecule has 0 aliphatic heterocycles. The number of nitrogens with zero attached hydrogens (tertiary/aromatic N) is 1. The maximum absolute atomic E-state index is 12.0. The van der Waals surface area contributed by atoms with Crippen molar-refractivity contribution in [3.63, 3.8) is 0 Å². The number of nitrogens with one attached hydrogen (secondary N) is 1. The second-order valence-electron chi connectivity index (χ2n) is 5.54. The Morgan fingerprint density at radius 3 is 2.89 bits per heavy atom. The van der Waals surface area contributed by atoms with E-state index in [1.807, 2.05) is 0 Å². The lowest BCUT2D eigenvalue weighted by Gasteiger charge is -2.10. The van der Waals surface area contributed by atoms with E-state index in [9.17, 15) is 9.90 Å². The monoisotopic (exact) mass is 266 g/mol. The van der Waals surface area contributed by atoms with Crippen molar-refractivity contribution >= 4 is 5.91 Å². The largest absolute Gasteiger partial charge is 0.396 e. The van der Waals surface area contributed by atoms with Gasteiger partial charge in [-0.3, -0.25) is 4.79 Å². The normalized spacial score (nSPS) is 30.5. The highest BCUT2D eigenvalue weighted by molar-refractivity contribution is 5.92. The summed E-state index contributed by atoms with van der Waals surface area (Å²) in [6, 6.07) is 1.59. The second-order valence-corrected chi connectivity index (χ2v) is 5.54. The summed E-state index contributed by atoms with van der Waals surface area (Å²) < 4.78 is 5.14. The number of carbonyl (C=O) groups is 1. The van der Waals surface area contributed by atoms with E-state index in [-0.39, 0.29) is 24.5 Å². The van der Waals surface area contributed by atoms with Crippen LogP contribution in [0.5, 0.6) is 0 Å². The quantitative estimate of drug-likeness (QED) is 0.733. The molecule has 0 spiro atoms. The fourth-order valence-corrected chi connectivity index (χ4v) is 2.63. The molecule has 6 nitrogen and oxygen atoms in total. The molecule has 0 aromatic carbocycles. The van der Waals surface area contributed by atoms with E-state index >= 15 is 0 Å². The predicted molar refractivity (Wildman–Crippen MR) is 65.5 cm³/mol. The van der Waals surface area contributed by atoms with Gasteiger partial charge >= 0.3 is 0 Å². The van der Waals surface area contributed by atoms with Crippen molar-refractivity contribution in [2.45, 2.75) is 43.7 Å². The Balaban J connectivity index is 1.58. The van der Waals surface area contributed by atoms with Crippen LogP contribution in [0.2, 0.25) is 0 Å². The highest BCUT2D eigenvalue weighted by Gasteiger charge is 2.34. The molecule has 2 aliphatic rings. The average Bonchev–Trinajstić information content (AvgIpc) is 3.01. The molecule has 6 heteroatoms. The summed E-state index contributed by atoms with van der Waals surface area (Å²) in [7, 11) is 0. The van der Waals surface area contributed by atoms with Gasteiger partial charge in [-0.15, -0.1) is 0 Å². The van der Waals surface area contributed by atoms with Crippen molar-refractivity contribution < 1.29 is 19.5 Å². The molecule has 1 heterocycles. The Hall–Kier alpha value is -1.40. The van der Waals surface area contributed by atoms with Crippen LogP contribution in [0.25, 0.3) is 0 Å². The minimum absolute atomic E-state index is 0.0523. The van der Waals surface area contributed by atoms with Gasteiger partial charge in [-0.05, 0) is 25.7 Å². The number of amides is 1. The van der Waals surface area contributed by atoms with E-state index in [1.54, 1.807) is 6.07 Å². The summed E-state index contributed by atoms with van der Waals surface area (Å²) in [5.74, 6) is 0.794. The van der Waals surface area contributed by atoms with Crippen molar-refractivity contribution in [2.24, 2.45) is 5.92 Å². The molecule has 0 saturated heterocycles. The first-order chi connectivity index (χ1) is 9.17. The molecular weight excluding hydrogens is 248 g/mol. The zero-order valence-corrected chi connectivity index (χ0v) is 10.6. The minimum Gasteiger partial charge on any atom is -0.396 e. The van der Waals surface area contributed by atoms with Gasteiger partial charge in [0.05, 0.1) is 6.10 Å². The van der Waals surface area contributed by atoms with Crippen LogP contribution < -0.4 is 5.32 Å². The van der Waals surface area contributed by atoms with Crippen LogP contribution >= 0.6 is 0 Å². The van der Waals surface area contributed by atoms with E-state index in [0.29, 0.717) is 24.5 Å². The van der Waals surface area contributed by atoms with Crippen LogP contribution in [0.3, 0.4) is 0 Å². The molecule has 1 aromatic heterocycles. The third kappa shape index (κ3) is 2.64. The van der Waals surface area contributed by atoms with Gasteiger partial charge in [-0.2, -0.15) is 0 Å². The Labute approximate surface area is 110 Å². The zero-order valence-electron chi connectivity index (χ0n) is 10.6. The smallest absolute Gasteiger partial charge is 0.273 e. The Bertz CT molecular complexity index is 469. The topological polar surface area (TPSA) is 95.6 Å². The zero-order chi connectivity index (χ0) is 13.4. The molecule has 1 amide bonds. The highest BCUT2D eigenvalue weighted by atomic mass is 16.5. The lowest BCUT2D eigenvalue weighted by Crippen LogP contribution is -2.33. The standard InChI is InChI=1S/C13H18N2O4/c16-6-8-3-9(4-11(8)17)14-13(18)10-5-12(19-15-10)7-1-2-7/h5,7-9,11,16-17H,1-4,6H2,(H,14,18). The third-order valence-electron chi connectivity index (χ3n) is 3.97. The number of aromatic nitrogens is 1. The van der Waals surface area contributed by atoms with Crippen LogP contribution in [0.1, 0.15) is 47.8 Å². The number of aliphatic hydroxyl groups is 2. The summed E-state index contributed by atoms with van der Waals surface area (Å²) in [5.41, 5.74) is 0.295. The van der Waals surface area contributed by atoms with Gasteiger partial charge in [0.15, 0.2) is 5.69 Å². The molecule has 3 rings (SSSR count). The number of hydrogen-bond donors (Lipinski definition) is 3. The fraction of sp³-hybridized carbons (Fsp3) is 0.692. The number of hydrogen-bond acceptors (Lipinski definition) is 5. The predicted octanol–water partition coefficient (Wildman–Crippen LogP) is 0.414. The lowest BCUT2D eigenvalue weighted by molar-refractivity contribution is 0.0902. The Morgan fingerprint density at radius 2 is 2.26 bits per heavy atom. The van der Waals surface area contributed by atoms with E-state index in [2.05, 4.69) is 10.5 Å². The molecule has 3 atom stereocenters. The van der Waals surface area contributed by atoms with Gasteiger partial charge in [-0.1, -0.05) is 5.16 Å². The van der Waals surface area contributed by atoms with Crippen molar-refractivity contribution in [3.8, 4) is 0 Å². The first-order valence-corrected chi connectivity index (χ1v) is 6.73. The highest BCUT2D eigenvalue weighted by Crippen LogP contribution is 2.40. The minimum atomic E-state index is -0.547. The second kappa shape index (κ2) is 4.94. The summed E-state index contributed by atoms with van der Waals surface area (Å²) >= 11 is 0. The van der Waals surface area contributed by atoms with E-state index in [0.717, 1.165) is 18.6 Å². The first-order valence-electron chi connectivity index (χ1n) is 6.73. The maximum atomic E-state index is 12.0. The van der Waals surface area contributed by atoms with Crippen LogP contribution in [0, 0.1) is 5.92 Å². The lowest BCUT2D eigenvalue weighted by atomic mass is 10.1. The molecule has 2 saturated carbocycles. The molecule has 3 unspecified atom stereocenters. The molecule has 0 radical (unpaired) electrons. The average molecular weight is 266 g/mol. The third-order valence-corrected chi connectivity index (χ3v) is 3.97. The first kappa shape index (κ1) is 12.6. The SMILES string of the molecule is O=C(NC1CC(O)C(CO)C1)c1cc(C2CC2)on1. The van der Waals surface area contributed by atoms with Gasteiger partial charge in [0.25, 0.3) is 5.91 Å².